The first kappa shape index (κ1) is 40.6. The van der Waals surface area contributed by atoms with Crippen LogP contribution in [0.15, 0.2) is 61.5 Å². The number of hydrogen-bond donors (Lipinski definition) is 3. The lowest BCUT2D eigenvalue weighted by Crippen LogP contribution is -2.27. The molecule has 3 nitrogen and oxygen atoms in total. The van der Waals surface area contributed by atoms with Gasteiger partial charge < -0.3 is 16.0 Å². The van der Waals surface area contributed by atoms with Crippen molar-refractivity contribution in [3.63, 3.8) is 0 Å². The van der Waals surface area contributed by atoms with Gasteiger partial charge in [0, 0.05) is 41.5 Å². The number of rotatable bonds is 27. The average molecular weight is 628 g/mol. The first-order chi connectivity index (χ1) is 21.6. The molecule has 44 heavy (non-hydrogen) atoms. The maximum atomic E-state index is 4.34. The Hall–Kier alpha value is -1.39. The monoisotopic (exact) mass is 628 g/mol. The molecule has 0 spiro atoms. The lowest BCUT2D eigenvalue weighted by molar-refractivity contribution is 0.565. The van der Waals surface area contributed by atoms with Crippen LogP contribution in [-0.2, 0) is 0 Å². The third kappa shape index (κ3) is 24.9. The van der Waals surface area contributed by atoms with Crippen molar-refractivity contribution in [2.75, 3.05) is 25.9 Å². The van der Waals surface area contributed by atoms with Crippen molar-refractivity contribution < 1.29 is 0 Å². The second-order valence-corrected chi connectivity index (χ2v) is 14.4. The van der Waals surface area contributed by atoms with Gasteiger partial charge in [-0.05, 0) is 76.8 Å². The average Bonchev–Trinajstić information content (AvgIpc) is 3.08. The highest BCUT2D eigenvalue weighted by Crippen LogP contribution is 2.26. The largest absolute Gasteiger partial charge is 0.389 e. The molecule has 1 rings (SSSR count). The van der Waals surface area contributed by atoms with Crippen LogP contribution in [-0.4, -0.2) is 37.2 Å². The molecular formula is C40H73N3S. The molecule has 0 saturated heterocycles. The molecular weight excluding hydrogens is 555 g/mol. The van der Waals surface area contributed by atoms with Crippen LogP contribution in [0.5, 0.6) is 0 Å². The van der Waals surface area contributed by atoms with Crippen LogP contribution in [0.2, 0.25) is 0 Å². The predicted molar refractivity (Wildman–Crippen MR) is 203 cm³/mol. The molecule has 1 fully saturated rings. The summed E-state index contributed by atoms with van der Waals surface area (Å²) in [6, 6.07) is 0.311. The van der Waals surface area contributed by atoms with E-state index < -0.39 is 0 Å². The Morgan fingerprint density at radius 1 is 0.705 bits per heavy atom. The Balaban J connectivity index is 2.02. The minimum Gasteiger partial charge on any atom is -0.389 e. The molecule has 1 unspecified atom stereocenters. The van der Waals surface area contributed by atoms with Crippen molar-refractivity contribution in [1.82, 2.24) is 16.0 Å². The standard InChI is InChI=1S/C40H73N3S/c1-6-7-8-9-16-21-26-33-42-37(3)31-32-40(41-5)36(2)28-23-18-13-12-17-22-27-34-43-38(4)35-44-39-29-24-19-14-10-11-15-20-25-30-39/h6,23,28,39-43H,1-4,7-22,24-27,29-35H2,5H3/b28-23+. The molecule has 0 amide bonds. The van der Waals surface area contributed by atoms with E-state index in [0.29, 0.717) is 6.04 Å². The van der Waals surface area contributed by atoms with Gasteiger partial charge in [-0.25, -0.2) is 0 Å². The molecule has 1 aliphatic carbocycles. The molecule has 3 N–H and O–H groups in total. The van der Waals surface area contributed by atoms with Gasteiger partial charge in [0.05, 0.1) is 0 Å². The predicted octanol–water partition coefficient (Wildman–Crippen LogP) is 11.6. The summed E-state index contributed by atoms with van der Waals surface area (Å²) in [5.74, 6) is 1.08. The van der Waals surface area contributed by atoms with E-state index in [-0.39, 0.29) is 0 Å². The van der Waals surface area contributed by atoms with Crippen LogP contribution in [0.4, 0.5) is 0 Å². The van der Waals surface area contributed by atoms with Crippen molar-refractivity contribution in [2.45, 2.75) is 165 Å². The van der Waals surface area contributed by atoms with Crippen LogP contribution >= 0.6 is 11.8 Å². The second-order valence-electron chi connectivity index (χ2n) is 13.2. The van der Waals surface area contributed by atoms with Crippen molar-refractivity contribution in [2.24, 2.45) is 0 Å². The van der Waals surface area contributed by atoms with Gasteiger partial charge in [0.15, 0.2) is 0 Å². The van der Waals surface area contributed by atoms with Crippen molar-refractivity contribution in [1.29, 1.82) is 0 Å². The van der Waals surface area contributed by atoms with Gasteiger partial charge in [0.2, 0.25) is 0 Å². The minimum atomic E-state index is 0.311. The van der Waals surface area contributed by atoms with E-state index in [1.165, 1.54) is 140 Å². The fourth-order valence-corrected chi connectivity index (χ4v) is 7.26. The SMILES string of the molecule is C=CCCCCCCCNC(=C)CCC(NC)C(=C)/C=C/CCCCCCCNC(=C)CSC1CCCCCCCCCC1. The Morgan fingerprint density at radius 3 is 1.82 bits per heavy atom. The molecule has 4 heteroatoms. The Bertz CT molecular complexity index is 746. The molecule has 0 aromatic rings. The second kappa shape index (κ2) is 30.3. The van der Waals surface area contributed by atoms with Crippen LogP contribution in [0.3, 0.4) is 0 Å². The highest BCUT2D eigenvalue weighted by atomic mass is 32.2. The number of unbranched alkanes of at least 4 members (excludes halogenated alkanes) is 10. The van der Waals surface area contributed by atoms with Crippen LogP contribution < -0.4 is 16.0 Å². The Morgan fingerprint density at radius 2 is 1.23 bits per heavy atom. The number of allylic oxidation sites excluding steroid dienone is 3. The lowest BCUT2D eigenvalue weighted by Gasteiger charge is -2.18. The molecule has 0 aliphatic heterocycles. The summed E-state index contributed by atoms with van der Waals surface area (Å²) >= 11 is 2.16. The third-order valence-corrected chi connectivity index (χ3v) is 10.5. The number of thioether (sulfide) groups is 1. The summed E-state index contributed by atoms with van der Waals surface area (Å²) in [6.45, 7) is 18.8. The minimum absolute atomic E-state index is 0.311. The highest BCUT2D eigenvalue weighted by Gasteiger charge is 2.11. The van der Waals surface area contributed by atoms with Crippen molar-refractivity contribution in [3.8, 4) is 0 Å². The molecule has 0 aromatic carbocycles. The van der Waals surface area contributed by atoms with E-state index in [2.05, 4.69) is 66.2 Å². The topological polar surface area (TPSA) is 36.1 Å². The zero-order chi connectivity index (χ0) is 31.9. The van der Waals surface area contributed by atoms with E-state index >= 15 is 0 Å². The van der Waals surface area contributed by atoms with Crippen molar-refractivity contribution in [3.05, 3.63) is 61.5 Å². The summed E-state index contributed by atoms with van der Waals surface area (Å²) < 4.78 is 0. The smallest absolute Gasteiger partial charge is 0.0329 e. The zero-order valence-electron chi connectivity index (χ0n) is 29.2. The summed E-state index contributed by atoms with van der Waals surface area (Å²) in [6.07, 6.45) is 38.1. The van der Waals surface area contributed by atoms with Gasteiger partial charge in [-0.15, -0.1) is 6.58 Å². The number of hydrogen-bond acceptors (Lipinski definition) is 4. The third-order valence-electron chi connectivity index (χ3n) is 9.04. The number of likely N-dealkylation sites (N-methyl/N-ethyl adjacent to an activating group) is 1. The lowest BCUT2D eigenvalue weighted by atomic mass is 10.0. The van der Waals surface area contributed by atoms with Gasteiger partial charge in [-0.1, -0.05) is 128 Å². The van der Waals surface area contributed by atoms with Gasteiger partial charge >= 0.3 is 0 Å². The summed E-state index contributed by atoms with van der Waals surface area (Å²) in [5.41, 5.74) is 3.56. The normalized spacial score (nSPS) is 15.8. The summed E-state index contributed by atoms with van der Waals surface area (Å²) in [4.78, 5) is 0. The van der Waals surface area contributed by atoms with E-state index in [9.17, 15) is 0 Å². The molecule has 1 aliphatic rings. The van der Waals surface area contributed by atoms with E-state index in [4.69, 9.17) is 0 Å². The first-order valence-electron chi connectivity index (χ1n) is 18.6. The fraction of sp³-hybridized carbons (Fsp3) is 0.750. The van der Waals surface area contributed by atoms with E-state index in [0.717, 1.165) is 55.5 Å². The summed E-state index contributed by atoms with van der Waals surface area (Å²) in [7, 11) is 2.04. The molecule has 1 atom stereocenters. The zero-order valence-corrected chi connectivity index (χ0v) is 30.0. The highest BCUT2D eigenvalue weighted by molar-refractivity contribution is 8.00. The molecule has 1 saturated carbocycles. The van der Waals surface area contributed by atoms with Crippen LogP contribution in [0.1, 0.15) is 154 Å². The van der Waals surface area contributed by atoms with Gasteiger partial charge in [-0.3, -0.25) is 0 Å². The van der Waals surface area contributed by atoms with Gasteiger partial charge in [0.1, 0.15) is 0 Å². The van der Waals surface area contributed by atoms with Crippen LogP contribution in [0, 0.1) is 0 Å². The fourth-order valence-electron chi connectivity index (χ4n) is 6.05. The first-order valence-corrected chi connectivity index (χ1v) is 19.7. The molecule has 0 aromatic heterocycles. The molecule has 0 radical (unpaired) electrons. The quantitative estimate of drug-likeness (QED) is 0.0481. The molecule has 0 heterocycles. The maximum absolute atomic E-state index is 4.34. The Kier molecular flexibility index (Phi) is 28.0. The summed E-state index contributed by atoms with van der Waals surface area (Å²) in [5, 5.41) is 11.4. The Labute approximate surface area is 279 Å². The van der Waals surface area contributed by atoms with Crippen molar-refractivity contribution >= 4 is 11.8 Å². The van der Waals surface area contributed by atoms with Gasteiger partial charge in [0.25, 0.3) is 0 Å². The van der Waals surface area contributed by atoms with E-state index in [1.54, 1.807) is 0 Å². The number of nitrogens with one attached hydrogen (secondary N) is 3. The van der Waals surface area contributed by atoms with Gasteiger partial charge in [-0.2, -0.15) is 11.8 Å². The van der Waals surface area contributed by atoms with E-state index in [1.807, 2.05) is 13.1 Å². The molecule has 254 valence electrons. The van der Waals surface area contributed by atoms with Crippen LogP contribution in [0.25, 0.3) is 0 Å². The molecule has 0 bridgehead atoms. The maximum Gasteiger partial charge on any atom is 0.0329 e.